The van der Waals surface area contributed by atoms with E-state index in [9.17, 15) is 13.6 Å². The summed E-state index contributed by atoms with van der Waals surface area (Å²) in [6.07, 6.45) is 6.34. The fraction of sp³-hybridized carbons (Fsp3) is 0.455. The summed E-state index contributed by atoms with van der Waals surface area (Å²) in [5.41, 5.74) is 0.809. The summed E-state index contributed by atoms with van der Waals surface area (Å²) in [6, 6.07) is 3.09. The molecule has 1 N–H and O–H groups in total. The van der Waals surface area contributed by atoms with Crippen LogP contribution in [0.15, 0.2) is 29.6 Å². The third kappa shape index (κ3) is 5.01. The lowest BCUT2D eigenvalue weighted by Crippen LogP contribution is -2.30. The number of fused-ring (bicyclic) bond motifs is 1. The second-order valence-electron chi connectivity index (χ2n) is 7.72. The van der Waals surface area contributed by atoms with Crippen molar-refractivity contribution < 1.29 is 13.6 Å². The van der Waals surface area contributed by atoms with Gasteiger partial charge in [-0.1, -0.05) is 18.7 Å². The van der Waals surface area contributed by atoms with E-state index >= 15 is 0 Å². The van der Waals surface area contributed by atoms with Crippen molar-refractivity contribution >= 4 is 34.5 Å². The first kappa shape index (κ1) is 22.4. The van der Waals surface area contributed by atoms with Crippen molar-refractivity contribution in [3.63, 3.8) is 0 Å². The van der Waals surface area contributed by atoms with E-state index in [1.807, 2.05) is 0 Å². The molecule has 32 heavy (non-hydrogen) atoms. The quantitative estimate of drug-likeness (QED) is 0.404. The number of carbonyl (C=O) groups excluding carboxylic acids is 1. The molecule has 1 aliphatic rings. The maximum atomic E-state index is 13.4. The molecule has 170 valence electrons. The van der Waals surface area contributed by atoms with E-state index in [0.717, 1.165) is 72.2 Å². The van der Waals surface area contributed by atoms with Crippen molar-refractivity contribution in [3.05, 3.63) is 41.6 Å². The number of rotatable bonds is 8. The van der Waals surface area contributed by atoms with Crippen LogP contribution in [0, 0.1) is 11.6 Å². The summed E-state index contributed by atoms with van der Waals surface area (Å²) in [6.45, 7) is 4.73. The Kier molecular flexibility index (Phi) is 7.19. The molecule has 0 unspecified atom stereocenters. The number of nitrogens with one attached hydrogen (secondary N) is 1. The number of nitrogens with zero attached hydrogens (tertiary/aromatic N) is 5. The van der Waals surface area contributed by atoms with Crippen molar-refractivity contribution in [2.24, 2.45) is 0 Å². The SMILES string of the molecule is CCCSc1nc(N2CCCCC2)c2cnn(CCNC(=O)c3ccc(F)c(F)c3)c2n1. The molecule has 0 aliphatic carbocycles. The van der Waals surface area contributed by atoms with Crippen LogP contribution in [-0.2, 0) is 6.54 Å². The number of halogens is 2. The zero-order valence-corrected chi connectivity index (χ0v) is 18.8. The Morgan fingerprint density at radius 3 is 2.72 bits per heavy atom. The minimum Gasteiger partial charge on any atom is -0.356 e. The van der Waals surface area contributed by atoms with Crippen molar-refractivity contribution in [1.29, 1.82) is 0 Å². The van der Waals surface area contributed by atoms with Gasteiger partial charge in [0.15, 0.2) is 22.4 Å². The molecule has 1 aliphatic heterocycles. The Morgan fingerprint density at radius 1 is 1.16 bits per heavy atom. The Labute approximate surface area is 189 Å². The van der Waals surface area contributed by atoms with E-state index in [2.05, 4.69) is 22.2 Å². The highest BCUT2D eigenvalue weighted by atomic mass is 32.2. The van der Waals surface area contributed by atoms with Crippen LogP contribution in [-0.4, -0.2) is 51.0 Å². The number of benzene rings is 1. The zero-order chi connectivity index (χ0) is 22.5. The number of amides is 1. The highest BCUT2D eigenvalue weighted by Crippen LogP contribution is 2.29. The summed E-state index contributed by atoms with van der Waals surface area (Å²) in [4.78, 5) is 24.1. The van der Waals surface area contributed by atoms with Gasteiger partial charge in [-0.05, 0) is 43.9 Å². The van der Waals surface area contributed by atoms with Gasteiger partial charge in [0.2, 0.25) is 0 Å². The Balaban J connectivity index is 1.51. The molecule has 4 rings (SSSR count). The minimum absolute atomic E-state index is 0.0715. The van der Waals surface area contributed by atoms with Gasteiger partial charge in [-0.2, -0.15) is 5.10 Å². The average molecular weight is 461 g/mol. The first-order chi connectivity index (χ1) is 15.6. The second kappa shape index (κ2) is 10.2. The minimum atomic E-state index is -1.05. The topological polar surface area (TPSA) is 75.9 Å². The van der Waals surface area contributed by atoms with Gasteiger partial charge in [0.25, 0.3) is 5.91 Å². The molecule has 1 aromatic carbocycles. The fourth-order valence-corrected chi connectivity index (χ4v) is 4.39. The lowest BCUT2D eigenvalue weighted by Gasteiger charge is -2.28. The van der Waals surface area contributed by atoms with E-state index < -0.39 is 17.5 Å². The first-order valence-corrected chi connectivity index (χ1v) is 11.9. The lowest BCUT2D eigenvalue weighted by molar-refractivity contribution is 0.0951. The van der Waals surface area contributed by atoms with Crippen LogP contribution >= 0.6 is 11.8 Å². The smallest absolute Gasteiger partial charge is 0.251 e. The molecule has 3 heterocycles. The maximum absolute atomic E-state index is 13.4. The molecule has 1 saturated heterocycles. The van der Waals surface area contributed by atoms with Crippen LogP contribution in [0.4, 0.5) is 14.6 Å². The van der Waals surface area contributed by atoms with Crippen LogP contribution in [0.3, 0.4) is 0 Å². The van der Waals surface area contributed by atoms with Gasteiger partial charge in [-0.3, -0.25) is 4.79 Å². The second-order valence-corrected chi connectivity index (χ2v) is 8.78. The maximum Gasteiger partial charge on any atom is 0.251 e. The van der Waals surface area contributed by atoms with E-state index in [1.165, 1.54) is 12.5 Å². The molecule has 3 aromatic rings. The van der Waals surface area contributed by atoms with Crippen LogP contribution in [0.2, 0.25) is 0 Å². The van der Waals surface area contributed by atoms with Crippen LogP contribution in [0.1, 0.15) is 43.0 Å². The molecule has 0 bridgehead atoms. The summed E-state index contributed by atoms with van der Waals surface area (Å²) in [5, 5.41) is 8.84. The summed E-state index contributed by atoms with van der Waals surface area (Å²) < 4.78 is 28.2. The average Bonchev–Trinajstić information content (AvgIpc) is 3.22. The van der Waals surface area contributed by atoms with Gasteiger partial charge in [-0.25, -0.2) is 23.4 Å². The first-order valence-electron chi connectivity index (χ1n) is 10.9. The summed E-state index contributed by atoms with van der Waals surface area (Å²) in [7, 11) is 0. The van der Waals surface area contributed by atoms with Crippen LogP contribution in [0.5, 0.6) is 0 Å². The van der Waals surface area contributed by atoms with E-state index in [0.29, 0.717) is 6.54 Å². The molecule has 10 heteroatoms. The summed E-state index contributed by atoms with van der Waals surface area (Å²) >= 11 is 1.63. The van der Waals surface area contributed by atoms with Crippen LogP contribution in [0.25, 0.3) is 11.0 Å². The third-order valence-electron chi connectivity index (χ3n) is 5.34. The van der Waals surface area contributed by atoms with E-state index in [-0.39, 0.29) is 12.1 Å². The Bertz CT molecular complexity index is 1100. The van der Waals surface area contributed by atoms with Gasteiger partial charge in [0.05, 0.1) is 18.1 Å². The molecule has 1 fully saturated rings. The van der Waals surface area contributed by atoms with Crippen molar-refractivity contribution in [1.82, 2.24) is 25.1 Å². The molecule has 0 radical (unpaired) electrons. The molecular formula is C22H26F2N6OS. The van der Waals surface area contributed by atoms with E-state index in [4.69, 9.17) is 9.97 Å². The predicted molar refractivity (Wildman–Crippen MR) is 121 cm³/mol. The highest BCUT2D eigenvalue weighted by Gasteiger charge is 2.20. The predicted octanol–water partition coefficient (Wildman–Crippen LogP) is 4.03. The number of thioether (sulfide) groups is 1. The Morgan fingerprint density at radius 2 is 1.97 bits per heavy atom. The molecule has 7 nitrogen and oxygen atoms in total. The monoisotopic (exact) mass is 460 g/mol. The number of hydrogen-bond acceptors (Lipinski definition) is 6. The van der Waals surface area contributed by atoms with Gasteiger partial charge >= 0.3 is 0 Å². The number of anilines is 1. The molecular weight excluding hydrogens is 434 g/mol. The lowest BCUT2D eigenvalue weighted by atomic mass is 10.1. The van der Waals surface area contributed by atoms with Gasteiger partial charge in [-0.15, -0.1) is 0 Å². The van der Waals surface area contributed by atoms with Gasteiger partial charge < -0.3 is 10.2 Å². The Hall–Kier alpha value is -2.75. The molecule has 1 amide bonds. The van der Waals surface area contributed by atoms with Crippen LogP contribution < -0.4 is 10.2 Å². The normalized spacial score (nSPS) is 14.2. The third-order valence-corrected chi connectivity index (χ3v) is 6.39. The molecule has 0 saturated carbocycles. The largest absolute Gasteiger partial charge is 0.356 e. The van der Waals surface area contributed by atoms with E-state index in [1.54, 1.807) is 22.6 Å². The molecule has 2 aromatic heterocycles. The van der Waals surface area contributed by atoms with Crippen molar-refractivity contribution in [2.75, 3.05) is 30.3 Å². The number of piperidine rings is 1. The highest BCUT2D eigenvalue weighted by molar-refractivity contribution is 7.99. The standard InChI is InChI=1S/C22H26F2N6OS/c1-2-12-32-22-27-19(29-9-4-3-5-10-29)16-14-26-30(20(16)28-22)11-8-25-21(31)15-6-7-17(23)18(24)13-15/h6-7,13-14H,2-5,8-12H2,1H3,(H,25,31). The number of carbonyl (C=O) groups is 1. The summed E-state index contributed by atoms with van der Waals surface area (Å²) in [5.74, 6) is -0.641. The van der Waals surface area contributed by atoms with Crippen molar-refractivity contribution in [2.45, 2.75) is 44.3 Å². The van der Waals surface area contributed by atoms with Crippen molar-refractivity contribution in [3.8, 4) is 0 Å². The molecule has 0 atom stereocenters. The van der Waals surface area contributed by atoms with Gasteiger partial charge in [0, 0.05) is 31.0 Å². The molecule has 0 spiro atoms. The number of hydrogen-bond donors (Lipinski definition) is 1. The zero-order valence-electron chi connectivity index (χ0n) is 18.0. The number of aromatic nitrogens is 4. The van der Waals surface area contributed by atoms with Gasteiger partial charge in [0.1, 0.15) is 5.82 Å². The fourth-order valence-electron chi connectivity index (χ4n) is 3.70.